The third kappa shape index (κ3) is 4.03. The summed E-state index contributed by atoms with van der Waals surface area (Å²) in [6, 6.07) is 20.9. The van der Waals surface area contributed by atoms with Crippen molar-refractivity contribution in [2.45, 2.75) is 49.4 Å². The number of rotatable bonds is 3. The molecule has 1 spiro atoms. The fourth-order valence-electron chi connectivity index (χ4n) is 7.10. The molecule has 3 aromatic carbocycles. The predicted molar refractivity (Wildman–Crippen MR) is 146 cm³/mol. The molecule has 1 fully saturated rings. The first kappa shape index (κ1) is 26.6. The zero-order valence-electron chi connectivity index (χ0n) is 22.5. The number of alkyl halides is 3. The second-order valence-electron chi connectivity index (χ2n) is 11.2. The van der Waals surface area contributed by atoms with E-state index in [9.17, 15) is 22.4 Å². The topological polar surface area (TPSA) is 39.3 Å². The fraction of sp³-hybridized carbons (Fsp3) is 0.344. The molecule has 1 aromatic heterocycles. The van der Waals surface area contributed by atoms with Gasteiger partial charge in [0.25, 0.3) is 5.91 Å². The second-order valence-corrected chi connectivity index (χ2v) is 11.2. The Morgan fingerprint density at radius 2 is 1.60 bits per heavy atom. The number of hydrogen-bond donors (Lipinski definition) is 1. The van der Waals surface area contributed by atoms with E-state index in [2.05, 4.69) is 42.2 Å². The van der Waals surface area contributed by atoms with Gasteiger partial charge < -0.3 is 9.88 Å². The smallest absolute Gasteiger partial charge is 0.356 e. The molecule has 0 saturated heterocycles. The van der Waals surface area contributed by atoms with E-state index < -0.39 is 29.0 Å². The molecular formula is C32H31F4N3O. The van der Waals surface area contributed by atoms with Crippen LogP contribution in [0.5, 0.6) is 0 Å². The minimum absolute atomic E-state index is 0.153. The Kier molecular flexibility index (Phi) is 6.29. The number of halogens is 4. The maximum Gasteiger partial charge on any atom is 0.419 e. The normalized spacial score (nSPS) is 23.1. The number of fused-ring (bicyclic) bond motifs is 4. The molecule has 0 unspecified atom stereocenters. The summed E-state index contributed by atoms with van der Waals surface area (Å²) in [6.07, 6.45) is -1.56. The van der Waals surface area contributed by atoms with Crippen LogP contribution in [0, 0.1) is 5.82 Å². The number of hydrogen-bond acceptors (Lipinski definition) is 2. The van der Waals surface area contributed by atoms with Crippen LogP contribution in [0.4, 0.5) is 17.6 Å². The predicted octanol–water partition coefficient (Wildman–Crippen LogP) is 7.25. The summed E-state index contributed by atoms with van der Waals surface area (Å²) in [6.45, 7) is 0.368. The lowest BCUT2D eigenvalue weighted by atomic mass is 9.65. The number of carbonyl (C=O) groups excluding carboxylic acids is 1. The van der Waals surface area contributed by atoms with Crippen LogP contribution < -0.4 is 0 Å². The van der Waals surface area contributed by atoms with Gasteiger partial charge in [-0.3, -0.25) is 9.69 Å². The zero-order valence-corrected chi connectivity index (χ0v) is 22.5. The van der Waals surface area contributed by atoms with Crippen molar-refractivity contribution in [2.24, 2.45) is 0 Å². The molecule has 8 heteroatoms. The number of para-hydroxylation sites is 1. The van der Waals surface area contributed by atoms with Gasteiger partial charge in [-0.25, -0.2) is 4.39 Å². The molecule has 4 aromatic rings. The van der Waals surface area contributed by atoms with E-state index in [1.807, 2.05) is 36.4 Å². The number of benzene rings is 3. The Hall–Kier alpha value is -3.65. The van der Waals surface area contributed by atoms with Crippen molar-refractivity contribution < 1.29 is 22.4 Å². The number of carbonyl (C=O) groups is 1. The van der Waals surface area contributed by atoms with Crippen molar-refractivity contribution in [1.82, 2.24) is 14.8 Å². The van der Waals surface area contributed by atoms with Crippen molar-refractivity contribution in [1.29, 1.82) is 0 Å². The van der Waals surface area contributed by atoms with Crippen molar-refractivity contribution in [3.05, 3.63) is 107 Å². The standard InChI is InChI=1S/C32H31F4N3O/c1-38(2)30(22-8-4-3-5-9-22)15-17-31(18-16-30)28-24(23-10-6-7-11-27(23)37-28)14-19-39(31)29(40)21-12-13-26(33)25(20-21)32(34,35)36/h3-13,20,37H,14-19H2,1-2H3. The summed E-state index contributed by atoms with van der Waals surface area (Å²) in [5.74, 6) is -1.89. The first-order chi connectivity index (χ1) is 19.1. The summed E-state index contributed by atoms with van der Waals surface area (Å²) in [4.78, 5) is 21.7. The van der Waals surface area contributed by atoms with E-state index in [1.54, 1.807) is 4.90 Å². The number of aromatic nitrogens is 1. The van der Waals surface area contributed by atoms with E-state index >= 15 is 0 Å². The van der Waals surface area contributed by atoms with Crippen LogP contribution in [0.2, 0.25) is 0 Å². The highest BCUT2D eigenvalue weighted by Gasteiger charge is 2.53. The van der Waals surface area contributed by atoms with E-state index in [-0.39, 0.29) is 11.1 Å². The molecule has 1 aliphatic heterocycles. The molecule has 1 aliphatic carbocycles. The number of aromatic amines is 1. The van der Waals surface area contributed by atoms with Crippen molar-refractivity contribution in [3.8, 4) is 0 Å². The first-order valence-electron chi connectivity index (χ1n) is 13.6. The maximum absolute atomic E-state index is 14.1. The minimum Gasteiger partial charge on any atom is -0.356 e. The van der Waals surface area contributed by atoms with Crippen molar-refractivity contribution >= 4 is 16.8 Å². The van der Waals surface area contributed by atoms with Gasteiger partial charge in [0.2, 0.25) is 0 Å². The van der Waals surface area contributed by atoms with Crippen LogP contribution in [-0.2, 0) is 23.7 Å². The van der Waals surface area contributed by atoms with E-state index in [0.29, 0.717) is 31.9 Å². The Bertz CT molecular complexity index is 1570. The molecule has 0 radical (unpaired) electrons. The second kappa shape index (κ2) is 9.47. The summed E-state index contributed by atoms with van der Waals surface area (Å²) >= 11 is 0. The zero-order chi connectivity index (χ0) is 28.3. The summed E-state index contributed by atoms with van der Waals surface area (Å²) in [5, 5.41) is 1.11. The Morgan fingerprint density at radius 1 is 0.925 bits per heavy atom. The largest absolute Gasteiger partial charge is 0.419 e. The van der Waals surface area contributed by atoms with Gasteiger partial charge in [-0.1, -0.05) is 48.5 Å². The lowest BCUT2D eigenvalue weighted by Gasteiger charge is -2.55. The van der Waals surface area contributed by atoms with Gasteiger partial charge in [-0.05, 0) is 81.6 Å². The molecule has 0 atom stereocenters. The highest BCUT2D eigenvalue weighted by atomic mass is 19.4. The highest BCUT2D eigenvalue weighted by Crippen LogP contribution is 2.54. The fourth-order valence-corrected chi connectivity index (χ4v) is 7.10. The number of H-pyrrole nitrogens is 1. The molecule has 1 N–H and O–H groups in total. The van der Waals surface area contributed by atoms with Crippen molar-refractivity contribution in [3.63, 3.8) is 0 Å². The Balaban J connectivity index is 1.46. The van der Waals surface area contributed by atoms with Gasteiger partial charge in [0.1, 0.15) is 5.82 Å². The van der Waals surface area contributed by atoms with Crippen LogP contribution in [0.15, 0.2) is 72.8 Å². The number of amides is 1. The Morgan fingerprint density at radius 3 is 2.27 bits per heavy atom. The molecule has 1 amide bonds. The van der Waals surface area contributed by atoms with Crippen LogP contribution in [0.1, 0.15) is 58.4 Å². The summed E-state index contributed by atoms with van der Waals surface area (Å²) in [5.41, 5.74) is 1.76. The lowest BCUT2D eigenvalue weighted by molar-refractivity contribution is -0.140. The van der Waals surface area contributed by atoms with Crippen LogP contribution in [0.3, 0.4) is 0 Å². The van der Waals surface area contributed by atoms with Crippen LogP contribution in [0.25, 0.3) is 10.9 Å². The number of nitrogens with zero attached hydrogens (tertiary/aromatic N) is 2. The quantitative estimate of drug-likeness (QED) is 0.274. The molecular weight excluding hydrogens is 518 g/mol. The van der Waals surface area contributed by atoms with Gasteiger partial charge in [0.05, 0.1) is 11.1 Å². The van der Waals surface area contributed by atoms with Gasteiger partial charge >= 0.3 is 6.18 Å². The molecule has 1 saturated carbocycles. The van der Waals surface area contributed by atoms with E-state index in [1.165, 1.54) is 5.56 Å². The third-order valence-electron chi connectivity index (χ3n) is 9.22. The van der Waals surface area contributed by atoms with E-state index in [4.69, 9.17) is 0 Å². The van der Waals surface area contributed by atoms with Crippen LogP contribution >= 0.6 is 0 Å². The molecule has 40 heavy (non-hydrogen) atoms. The maximum atomic E-state index is 14.1. The van der Waals surface area contributed by atoms with Gasteiger partial charge in [0, 0.05) is 34.2 Å². The summed E-state index contributed by atoms with van der Waals surface area (Å²) < 4.78 is 54.7. The van der Waals surface area contributed by atoms with Crippen LogP contribution in [-0.4, -0.2) is 41.3 Å². The monoisotopic (exact) mass is 549 g/mol. The first-order valence-corrected chi connectivity index (χ1v) is 13.6. The lowest BCUT2D eigenvalue weighted by Crippen LogP contribution is -2.58. The molecule has 4 nitrogen and oxygen atoms in total. The van der Waals surface area contributed by atoms with Gasteiger partial charge in [-0.15, -0.1) is 0 Å². The van der Waals surface area contributed by atoms with Crippen molar-refractivity contribution in [2.75, 3.05) is 20.6 Å². The molecule has 0 bridgehead atoms. The van der Waals surface area contributed by atoms with E-state index in [0.717, 1.165) is 47.1 Å². The molecule has 208 valence electrons. The molecule has 2 aliphatic rings. The average Bonchev–Trinajstić information content (AvgIpc) is 3.33. The average molecular weight is 550 g/mol. The number of nitrogens with one attached hydrogen (secondary N) is 1. The van der Waals surface area contributed by atoms with Gasteiger partial charge in [-0.2, -0.15) is 13.2 Å². The third-order valence-corrected chi connectivity index (χ3v) is 9.22. The van der Waals surface area contributed by atoms with Gasteiger partial charge in [0.15, 0.2) is 0 Å². The highest BCUT2D eigenvalue weighted by molar-refractivity contribution is 5.96. The molecule has 2 heterocycles. The minimum atomic E-state index is -4.89. The molecule has 6 rings (SSSR count). The SMILES string of the molecule is CN(C)C1(c2ccccc2)CCC2(CC1)c1[nH]c3ccccc3c1CCN2C(=O)c1ccc(F)c(C(F)(F)F)c1. The Labute approximate surface area is 230 Å². The summed E-state index contributed by atoms with van der Waals surface area (Å²) in [7, 11) is 4.14.